The van der Waals surface area contributed by atoms with Gasteiger partial charge in [-0.25, -0.2) is 4.39 Å². The molecular formula is C21H29FN2O4. The van der Waals surface area contributed by atoms with E-state index in [1.54, 1.807) is 6.07 Å². The largest absolute Gasteiger partial charge is 0.487 e. The van der Waals surface area contributed by atoms with E-state index in [4.69, 9.17) is 4.74 Å². The van der Waals surface area contributed by atoms with Crippen LogP contribution >= 0.6 is 0 Å². The van der Waals surface area contributed by atoms with Crippen LogP contribution < -0.4 is 10.1 Å². The molecule has 1 saturated heterocycles. The number of halogens is 1. The zero-order valence-corrected chi connectivity index (χ0v) is 16.5. The lowest BCUT2D eigenvalue weighted by molar-refractivity contribution is -0.145. The van der Waals surface area contributed by atoms with E-state index in [2.05, 4.69) is 5.32 Å². The highest BCUT2D eigenvalue weighted by molar-refractivity contribution is 5.80. The van der Waals surface area contributed by atoms with Crippen LogP contribution in [0, 0.1) is 24.6 Å². The Morgan fingerprint density at radius 2 is 2.11 bits per heavy atom. The molecule has 2 aliphatic rings. The van der Waals surface area contributed by atoms with Crippen LogP contribution in [0.3, 0.4) is 0 Å². The lowest BCUT2D eigenvalue weighted by Gasteiger charge is -2.47. The maximum Gasteiger partial charge on any atom is 0.225 e. The molecule has 1 unspecified atom stereocenters. The molecule has 0 aromatic heterocycles. The van der Waals surface area contributed by atoms with Crippen LogP contribution in [-0.2, 0) is 9.59 Å². The van der Waals surface area contributed by atoms with Gasteiger partial charge in [-0.1, -0.05) is 6.07 Å². The van der Waals surface area contributed by atoms with Crippen LogP contribution in [0.5, 0.6) is 5.75 Å². The van der Waals surface area contributed by atoms with Crippen molar-refractivity contribution in [3.05, 3.63) is 29.6 Å². The molecule has 1 aliphatic carbocycles. The van der Waals surface area contributed by atoms with Gasteiger partial charge in [-0.05, 0) is 63.1 Å². The number of amides is 2. The average molecular weight is 392 g/mol. The fourth-order valence-electron chi connectivity index (χ4n) is 4.32. The van der Waals surface area contributed by atoms with Gasteiger partial charge in [0, 0.05) is 19.0 Å². The minimum absolute atomic E-state index is 0.0911. The Morgan fingerprint density at radius 3 is 2.68 bits per heavy atom. The molecule has 1 atom stereocenters. The van der Waals surface area contributed by atoms with Crippen molar-refractivity contribution in [1.82, 2.24) is 10.2 Å². The third-order valence-electron chi connectivity index (χ3n) is 6.21. The molecular weight excluding hydrogens is 363 g/mol. The highest BCUT2D eigenvalue weighted by Gasteiger charge is 2.48. The predicted octanol–water partition coefficient (Wildman–Crippen LogP) is 2.03. The van der Waals surface area contributed by atoms with Gasteiger partial charge in [-0.15, -0.1) is 0 Å². The standard InChI is InChI=1S/C21H29FN2O4/c1-14-3-4-19(18(22)9-14)28-15(2)16-5-7-24(8-6-16)20(27)17-10-21(11-17,12-25)23-13-26/h3-4,9,13,15-17,25H,5-8,10-12H2,1-2H3,(H,23,26)/t15?,17-,21+. The van der Waals surface area contributed by atoms with Crippen LogP contribution in [0.25, 0.3) is 0 Å². The lowest BCUT2D eigenvalue weighted by atomic mass is 9.68. The number of rotatable bonds is 7. The van der Waals surface area contributed by atoms with Gasteiger partial charge in [-0.2, -0.15) is 0 Å². The second kappa shape index (κ2) is 8.47. The number of carbonyl (C=O) groups excluding carboxylic acids is 2. The van der Waals surface area contributed by atoms with Gasteiger partial charge >= 0.3 is 0 Å². The van der Waals surface area contributed by atoms with E-state index in [-0.39, 0.29) is 42.0 Å². The van der Waals surface area contributed by atoms with Crippen LogP contribution in [-0.4, -0.2) is 53.7 Å². The monoisotopic (exact) mass is 392 g/mol. The van der Waals surface area contributed by atoms with Gasteiger partial charge in [0.05, 0.1) is 18.2 Å². The zero-order valence-electron chi connectivity index (χ0n) is 16.5. The Hall–Kier alpha value is -2.15. The number of carbonyl (C=O) groups is 2. The van der Waals surface area contributed by atoms with E-state index < -0.39 is 5.54 Å². The fraction of sp³-hybridized carbons (Fsp3) is 0.619. The number of ether oxygens (including phenoxy) is 1. The average Bonchev–Trinajstić information content (AvgIpc) is 2.66. The highest BCUT2D eigenvalue weighted by Crippen LogP contribution is 2.39. The molecule has 1 heterocycles. The number of nitrogens with one attached hydrogen (secondary N) is 1. The number of benzene rings is 1. The number of nitrogens with zero attached hydrogens (tertiary/aromatic N) is 1. The molecule has 6 nitrogen and oxygen atoms in total. The summed E-state index contributed by atoms with van der Waals surface area (Å²) in [4.78, 5) is 25.2. The Balaban J connectivity index is 1.47. The smallest absolute Gasteiger partial charge is 0.225 e. The number of hydrogen-bond donors (Lipinski definition) is 2. The molecule has 2 fully saturated rings. The van der Waals surface area contributed by atoms with Crippen molar-refractivity contribution in [3.63, 3.8) is 0 Å². The van der Waals surface area contributed by atoms with Crippen LogP contribution in [0.1, 0.15) is 38.2 Å². The normalized spacial score (nSPS) is 26.3. The lowest BCUT2D eigenvalue weighted by Crippen LogP contribution is -2.61. The first kappa shape index (κ1) is 20.6. The van der Waals surface area contributed by atoms with Crippen molar-refractivity contribution in [2.75, 3.05) is 19.7 Å². The summed E-state index contributed by atoms with van der Waals surface area (Å²) < 4.78 is 19.8. The summed E-state index contributed by atoms with van der Waals surface area (Å²) in [6.45, 7) is 4.94. The maximum absolute atomic E-state index is 14.0. The Kier molecular flexibility index (Phi) is 6.23. The summed E-state index contributed by atoms with van der Waals surface area (Å²) in [5, 5.41) is 12.1. The van der Waals surface area contributed by atoms with E-state index in [0.29, 0.717) is 32.3 Å². The summed E-state index contributed by atoms with van der Waals surface area (Å²) in [6, 6.07) is 4.96. The molecule has 2 amide bonds. The molecule has 3 rings (SSSR count). The van der Waals surface area contributed by atoms with Gasteiger partial charge in [0.2, 0.25) is 12.3 Å². The van der Waals surface area contributed by atoms with Crippen molar-refractivity contribution in [3.8, 4) is 5.75 Å². The summed E-state index contributed by atoms with van der Waals surface area (Å²) in [6.07, 6.45) is 3.04. The number of aliphatic hydroxyl groups is 1. The third kappa shape index (κ3) is 4.29. The van der Waals surface area contributed by atoms with Gasteiger partial charge in [-0.3, -0.25) is 9.59 Å². The minimum Gasteiger partial charge on any atom is -0.487 e. The van der Waals surface area contributed by atoms with Crippen molar-refractivity contribution in [2.24, 2.45) is 11.8 Å². The number of aliphatic hydroxyl groups excluding tert-OH is 1. The summed E-state index contributed by atoms with van der Waals surface area (Å²) in [5.41, 5.74) is 0.217. The first-order valence-electron chi connectivity index (χ1n) is 9.91. The number of aryl methyl sites for hydroxylation is 1. The SMILES string of the molecule is Cc1ccc(OC(C)C2CCN(C(=O)[C@H]3C[C@@](CO)(NC=O)C3)CC2)c(F)c1. The van der Waals surface area contributed by atoms with Crippen LogP contribution in [0.15, 0.2) is 18.2 Å². The molecule has 0 bridgehead atoms. The molecule has 154 valence electrons. The number of hydrogen-bond acceptors (Lipinski definition) is 4. The van der Waals surface area contributed by atoms with Crippen LogP contribution in [0.4, 0.5) is 4.39 Å². The Bertz CT molecular complexity index is 712. The molecule has 1 aromatic carbocycles. The van der Waals surface area contributed by atoms with E-state index in [0.717, 1.165) is 18.4 Å². The van der Waals surface area contributed by atoms with E-state index in [1.807, 2.05) is 24.8 Å². The predicted molar refractivity (Wildman–Crippen MR) is 102 cm³/mol. The van der Waals surface area contributed by atoms with E-state index in [1.165, 1.54) is 6.07 Å². The second-order valence-corrected chi connectivity index (χ2v) is 8.23. The topological polar surface area (TPSA) is 78.9 Å². The van der Waals surface area contributed by atoms with Gasteiger partial charge in [0.25, 0.3) is 0 Å². The molecule has 1 aliphatic heterocycles. The summed E-state index contributed by atoms with van der Waals surface area (Å²) in [5.74, 6) is 0.133. The molecule has 2 N–H and O–H groups in total. The Morgan fingerprint density at radius 1 is 1.43 bits per heavy atom. The molecule has 1 aromatic rings. The van der Waals surface area contributed by atoms with Crippen molar-refractivity contribution < 1.29 is 23.8 Å². The minimum atomic E-state index is -0.638. The third-order valence-corrected chi connectivity index (χ3v) is 6.21. The van der Waals surface area contributed by atoms with Crippen molar-refractivity contribution in [1.29, 1.82) is 0 Å². The van der Waals surface area contributed by atoms with Crippen LogP contribution in [0.2, 0.25) is 0 Å². The molecule has 7 heteroatoms. The summed E-state index contributed by atoms with van der Waals surface area (Å²) in [7, 11) is 0. The van der Waals surface area contributed by atoms with Gasteiger partial charge < -0.3 is 20.1 Å². The number of likely N-dealkylation sites (tertiary alicyclic amines) is 1. The molecule has 0 spiro atoms. The first-order valence-corrected chi connectivity index (χ1v) is 9.91. The second-order valence-electron chi connectivity index (χ2n) is 8.23. The van der Waals surface area contributed by atoms with Gasteiger partial charge in [0.15, 0.2) is 11.6 Å². The summed E-state index contributed by atoms with van der Waals surface area (Å²) >= 11 is 0. The number of piperidine rings is 1. The van der Waals surface area contributed by atoms with Crippen molar-refractivity contribution >= 4 is 12.3 Å². The molecule has 1 saturated carbocycles. The maximum atomic E-state index is 14.0. The van der Waals surface area contributed by atoms with Crippen molar-refractivity contribution in [2.45, 2.75) is 51.2 Å². The van der Waals surface area contributed by atoms with E-state index >= 15 is 0 Å². The zero-order chi connectivity index (χ0) is 20.3. The molecule has 0 radical (unpaired) electrons. The van der Waals surface area contributed by atoms with E-state index in [9.17, 15) is 19.1 Å². The van der Waals surface area contributed by atoms with Gasteiger partial charge in [0.1, 0.15) is 0 Å². The quantitative estimate of drug-likeness (QED) is 0.696. The highest BCUT2D eigenvalue weighted by atomic mass is 19.1. The molecule has 28 heavy (non-hydrogen) atoms. The first-order chi connectivity index (χ1) is 13.4. The Labute approximate surface area is 165 Å². The fourth-order valence-corrected chi connectivity index (χ4v) is 4.32.